The van der Waals surface area contributed by atoms with Gasteiger partial charge in [-0.2, -0.15) is 0 Å². The van der Waals surface area contributed by atoms with Gasteiger partial charge in [-0.25, -0.2) is 0 Å². The fourth-order valence-electron chi connectivity index (χ4n) is 7.57. The highest BCUT2D eigenvalue weighted by Gasteiger charge is 2.15. The fourth-order valence-corrected chi connectivity index (χ4v) is 7.57. The van der Waals surface area contributed by atoms with Crippen molar-refractivity contribution in [2.45, 2.75) is 79.1 Å². The van der Waals surface area contributed by atoms with E-state index in [2.05, 4.69) is 232 Å². The van der Waals surface area contributed by atoms with Crippen molar-refractivity contribution in [3.8, 4) is 23.0 Å². The average molecular weight is 905 g/mol. The molecule has 7 aromatic carbocycles. The fraction of sp³-hybridized carbons (Fsp3) is 0.258. The third-order valence-corrected chi connectivity index (χ3v) is 11.6. The van der Waals surface area contributed by atoms with Crippen molar-refractivity contribution in [2.75, 3.05) is 36.2 Å². The van der Waals surface area contributed by atoms with Crippen molar-refractivity contribution in [2.24, 2.45) is 0 Å². The Hall–Kier alpha value is -7.18. The van der Waals surface area contributed by atoms with Gasteiger partial charge in [-0.15, -0.1) is 0 Å². The molecule has 0 amide bonds. The van der Waals surface area contributed by atoms with Gasteiger partial charge in [0.15, 0.2) is 0 Å². The van der Waals surface area contributed by atoms with Crippen LogP contribution in [0.1, 0.15) is 101 Å². The Morgan fingerprint density at radius 3 is 0.632 bits per heavy atom. The molecule has 6 heteroatoms. The third kappa shape index (κ3) is 14.4. The molecule has 0 saturated heterocycles. The minimum Gasteiger partial charge on any atom is -0.494 e. The molecule has 0 spiro atoms. The summed E-state index contributed by atoms with van der Waals surface area (Å²) >= 11 is 0. The second-order valence-corrected chi connectivity index (χ2v) is 17.0. The highest BCUT2D eigenvalue weighted by Crippen LogP contribution is 2.38. The zero-order valence-corrected chi connectivity index (χ0v) is 40.5. The summed E-state index contributed by atoms with van der Waals surface area (Å²) in [6.45, 7) is 11.6. The molecular weight excluding hydrogens is 837 g/mol. The van der Waals surface area contributed by atoms with E-state index in [1.165, 1.54) is 0 Å². The first-order chi connectivity index (χ1) is 33.5. The number of unbranched alkanes of at least 4 members (excludes halogenated alkanes) is 4. The van der Waals surface area contributed by atoms with E-state index in [4.69, 9.17) is 18.9 Å². The van der Waals surface area contributed by atoms with Gasteiger partial charge in [0.2, 0.25) is 0 Å². The van der Waals surface area contributed by atoms with Crippen LogP contribution in [0, 0.1) is 0 Å². The molecule has 0 radical (unpaired) electrons. The molecule has 0 heterocycles. The molecule has 0 aliphatic carbocycles. The van der Waals surface area contributed by atoms with Crippen molar-refractivity contribution >= 4 is 58.4 Å². The van der Waals surface area contributed by atoms with Gasteiger partial charge in [0.1, 0.15) is 23.0 Å². The van der Waals surface area contributed by atoms with E-state index >= 15 is 0 Å². The number of ether oxygens (including phenoxy) is 4. The van der Waals surface area contributed by atoms with Crippen molar-refractivity contribution in [1.29, 1.82) is 0 Å². The Kier molecular flexibility index (Phi) is 18.8. The smallest absolute Gasteiger partial charge is 0.119 e. The van der Waals surface area contributed by atoms with E-state index < -0.39 is 0 Å². The first kappa shape index (κ1) is 48.7. The lowest BCUT2D eigenvalue weighted by atomic mass is 10.1. The number of hydrogen-bond donors (Lipinski definition) is 0. The van der Waals surface area contributed by atoms with Gasteiger partial charge < -0.3 is 28.7 Å². The standard InChI is InChI=1S/C62H68N2O4/c1-5-9-45-65-59-37-29-55(30-38-59)63(56-31-39-60(40-32-56)66-46-10-6-2)53-25-21-51(22-26-53)19-17-49-13-15-50(16-14-49)18-20-52-23-27-54(28-24-52)64(57-33-41-61(42-34-57)67-47-11-7-3)58-35-43-62(44-36-58)68-48-12-8-4/h13-44H,5-12,45-48H2,1-4H3/b19-17+,20-18+. The molecule has 0 aliphatic heterocycles. The first-order valence-electron chi connectivity index (χ1n) is 24.7. The molecule has 0 bridgehead atoms. The van der Waals surface area contributed by atoms with Gasteiger partial charge in [0, 0.05) is 34.1 Å². The van der Waals surface area contributed by atoms with Crippen LogP contribution in [0.3, 0.4) is 0 Å². The van der Waals surface area contributed by atoms with Crippen LogP contribution in [0.4, 0.5) is 34.1 Å². The molecule has 68 heavy (non-hydrogen) atoms. The zero-order valence-electron chi connectivity index (χ0n) is 40.5. The lowest BCUT2D eigenvalue weighted by Crippen LogP contribution is -2.10. The number of nitrogens with zero attached hydrogens (tertiary/aromatic N) is 2. The minimum absolute atomic E-state index is 0.727. The van der Waals surface area contributed by atoms with Gasteiger partial charge in [-0.05, 0) is 169 Å². The Morgan fingerprint density at radius 2 is 0.441 bits per heavy atom. The summed E-state index contributed by atoms with van der Waals surface area (Å²) in [5.74, 6) is 3.55. The van der Waals surface area contributed by atoms with Gasteiger partial charge in [0.05, 0.1) is 26.4 Å². The predicted octanol–water partition coefficient (Wildman–Crippen LogP) is 17.7. The van der Waals surface area contributed by atoms with Crippen molar-refractivity contribution in [3.05, 3.63) is 192 Å². The van der Waals surface area contributed by atoms with Gasteiger partial charge in [-0.3, -0.25) is 0 Å². The van der Waals surface area contributed by atoms with Crippen LogP contribution in [0.5, 0.6) is 23.0 Å². The molecule has 0 aliphatic rings. The third-order valence-electron chi connectivity index (χ3n) is 11.6. The number of hydrogen-bond acceptors (Lipinski definition) is 6. The summed E-state index contributed by atoms with van der Waals surface area (Å²) < 4.78 is 23.9. The lowest BCUT2D eigenvalue weighted by molar-refractivity contribution is 0.309. The largest absolute Gasteiger partial charge is 0.494 e. The number of benzene rings is 7. The van der Waals surface area contributed by atoms with Gasteiger partial charge in [-0.1, -0.05) is 126 Å². The second kappa shape index (κ2) is 26.2. The molecule has 0 atom stereocenters. The highest BCUT2D eigenvalue weighted by atomic mass is 16.5. The molecule has 350 valence electrons. The summed E-state index contributed by atoms with van der Waals surface area (Å²) in [4.78, 5) is 4.54. The summed E-state index contributed by atoms with van der Waals surface area (Å²) in [6.07, 6.45) is 17.3. The Morgan fingerprint density at radius 1 is 0.265 bits per heavy atom. The van der Waals surface area contributed by atoms with Crippen LogP contribution in [-0.2, 0) is 0 Å². The van der Waals surface area contributed by atoms with Crippen LogP contribution in [0.15, 0.2) is 170 Å². The Balaban J connectivity index is 1.01. The maximum absolute atomic E-state index is 5.97. The molecule has 0 unspecified atom stereocenters. The number of rotatable bonds is 26. The molecule has 0 N–H and O–H groups in total. The summed E-state index contributed by atoms with van der Waals surface area (Å²) in [6, 6.07) is 59.6. The van der Waals surface area contributed by atoms with Crippen molar-refractivity contribution in [1.82, 2.24) is 0 Å². The lowest BCUT2D eigenvalue weighted by Gasteiger charge is -2.26. The summed E-state index contributed by atoms with van der Waals surface area (Å²) in [5.41, 5.74) is 10.9. The number of anilines is 6. The molecule has 0 aromatic heterocycles. The Labute approximate surface area is 406 Å². The molecule has 6 nitrogen and oxygen atoms in total. The summed E-state index contributed by atoms with van der Waals surface area (Å²) in [7, 11) is 0. The van der Waals surface area contributed by atoms with Crippen LogP contribution in [-0.4, -0.2) is 26.4 Å². The average Bonchev–Trinajstić information content (AvgIpc) is 3.38. The molecule has 0 fully saturated rings. The van der Waals surface area contributed by atoms with E-state index in [1.54, 1.807) is 0 Å². The van der Waals surface area contributed by atoms with Gasteiger partial charge in [0.25, 0.3) is 0 Å². The van der Waals surface area contributed by atoms with E-state index in [-0.39, 0.29) is 0 Å². The van der Waals surface area contributed by atoms with Crippen LogP contribution in [0.25, 0.3) is 24.3 Å². The normalized spacial score (nSPS) is 11.2. The van der Waals surface area contributed by atoms with E-state index in [0.29, 0.717) is 0 Å². The van der Waals surface area contributed by atoms with Gasteiger partial charge >= 0.3 is 0 Å². The quantitative estimate of drug-likeness (QED) is 0.0398. The van der Waals surface area contributed by atoms with Crippen molar-refractivity contribution < 1.29 is 18.9 Å². The first-order valence-corrected chi connectivity index (χ1v) is 24.7. The summed E-state index contributed by atoms with van der Waals surface area (Å²) in [5, 5.41) is 0. The van der Waals surface area contributed by atoms with E-state index in [9.17, 15) is 0 Å². The van der Waals surface area contributed by atoms with E-state index in [1.807, 2.05) is 0 Å². The van der Waals surface area contributed by atoms with Crippen LogP contribution >= 0.6 is 0 Å². The minimum atomic E-state index is 0.727. The predicted molar refractivity (Wildman–Crippen MR) is 288 cm³/mol. The zero-order chi connectivity index (χ0) is 47.2. The molecule has 7 aromatic rings. The topological polar surface area (TPSA) is 43.4 Å². The molecule has 0 saturated carbocycles. The van der Waals surface area contributed by atoms with Crippen LogP contribution < -0.4 is 28.7 Å². The maximum atomic E-state index is 5.97. The second-order valence-electron chi connectivity index (χ2n) is 17.0. The monoisotopic (exact) mass is 905 g/mol. The molecule has 7 rings (SSSR count). The molecular formula is C62H68N2O4. The Bertz CT molecular complexity index is 2280. The van der Waals surface area contributed by atoms with Crippen LogP contribution in [0.2, 0.25) is 0 Å². The maximum Gasteiger partial charge on any atom is 0.119 e. The van der Waals surface area contributed by atoms with E-state index in [0.717, 1.165) is 157 Å². The van der Waals surface area contributed by atoms with Crippen molar-refractivity contribution in [3.63, 3.8) is 0 Å². The highest BCUT2D eigenvalue weighted by molar-refractivity contribution is 5.80. The SMILES string of the molecule is CCCCOc1ccc(N(c2ccc(/C=C/c3ccc(/C=C/c4ccc(N(c5ccc(OCCCC)cc5)c5ccc(OCCCC)cc5)cc4)cc3)cc2)c2ccc(OCCCC)cc2)cc1.